The van der Waals surface area contributed by atoms with E-state index in [0.717, 1.165) is 5.69 Å². The molecule has 0 aliphatic carbocycles. The van der Waals surface area contributed by atoms with E-state index >= 15 is 0 Å². The number of esters is 1. The molecule has 0 saturated carbocycles. The zero-order valence-electron chi connectivity index (χ0n) is 13.6. The minimum atomic E-state index is -0.514. The molecular formula is C18H14FN3O4. The quantitative estimate of drug-likeness (QED) is 0.670. The predicted octanol–water partition coefficient (Wildman–Crippen LogP) is 2.63. The Morgan fingerprint density at radius 2 is 2.12 bits per heavy atom. The van der Waals surface area contributed by atoms with Crippen molar-refractivity contribution in [1.82, 2.24) is 14.8 Å². The van der Waals surface area contributed by atoms with Crippen LogP contribution in [0.4, 0.5) is 4.39 Å². The fraction of sp³-hybridized carbons (Fsp3) is 0.167. The van der Waals surface area contributed by atoms with Gasteiger partial charge in [0.15, 0.2) is 6.79 Å². The highest BCUT2D eigenvalue weighted by Crippen LogP contribution is 2.30. The summed E-state index contributed by atoms with van der Waals surface area (Å²) in [5.74, 6) is -0.437. The summed E-state index contributed by atoms with van der Waals surface area (Å²) in [5, 5.41) is 4.02. The SMILES string of the molecule is O=C(OCc1cc(F)cc2c1OCOC2)c1ccc(-n2cncn2)cc1. The van der Waals surface area contributed by atoms with Crippen LogP contribution >= 0.6 is 0 Å². The fourth-order valence-electron chi connectivity index (χ4n) is 2.68. The van der Waals surface area contributed by atoms with Gasteiger partial charge in [-0.3, -0.25) is 0 Å². The molecule has 0 spiro atoms. The van der Waals surface area contributed by atoms with E-state index in [-0.39, 0.29) is 20.0 Å². The highest BCUT2D eigenvalue weighted by molar-refractivity contribution is 5.89. The average molecular weight is 355 g/mol. The molecule has 0 N–H and O–H groups in total. The highest BCUT2D eigenvalue weighted by Gasteiger charge is 2.18. The van der Waals surface area contributed by atoms with Gasteiger partial charge in [-0.15, -0.1) is 0 Å². The lowest BCUT2D eigenvalue weighted by Crippen LogP contribution is -2.15. The number of carbonyl (C=O) groups is 1. The van der Waals surface area contributed by atoms with E-state index in [0.29, 0.717) is 22.4 Å². The molecule has 26 heavy (non-hydrogen) atoms. The number of benzene rings is 2. The first-order valence-corrected chi connectivity index (χ1v) is 7.85. The van der Waals surface area contributed by atoms with Crippen molar-refractivity contribution in [2.45, 2.75) is 13.2 Å². The Bertz CT molecular complexity index is 926. The predicted molar refractivity (Wildman–Crippen MR) is 87.2 cm³/mol. The van der Waals surface area contributed by atoms with Crippen LogP contribution in [0.5, 0.6) is 5.75 Å². The molecule has 4 rings (SSSR count). The van der Waals surface area contributed by atoms with Gasteiger partial charge in [-0.2, -0.15) is 5.10 Å². The summed E-state index contributed by atoms with van der Waals surface area (Å²) < 4.78 is 31.1. The van der Waals surface area contributed by atoms with Gasteiger partial charge in [0.1, 0.15) is 30.8 Å². The summed E-state index contributed by atoms with van der Waals surface area (Å²) in [6, 6.07) is 9.37. The third kappa shape index (κ3) is 3.27. The Balaban J connectivity index is 1.47. The number of halogens is 1. The lowest BCUT2D eigenvalue weighted by Gasteiger charge is -2.20. The van der Waals surface area contributed by atoms with Crippen LogP contribution in [0, 0.1) is 5.82 Å². The van der Waals surface area contributed by atoms with Gasteiger partial charge in [-0.05, 0) is 36.4 Å². The maximum atomic E-state index is 13.7. The van der Waals surface area contributed by atoms with Crippen LogP contribution in [0.25, 0.3) is 5.69 Å². The van der Waals surface area contributed by atoms with Crippen LogP contribution in [-0.4, -0.2) is 27.5 Å². The molecule has 0 fully saturated rings. The number of ether oxygens (including phenoxy) is 3. The number of fused-ring (bicyclic) bond motifs is 1. The number of hydrogen-bond donors (Lipinski definition) is 0. The Labute approximate surface area is 147 Å². The van der Waals surface area contributed by atoms with Crippen molar-refractivity contribution in [3.05, 3.63) is 71.6 Å². The fourth-order valence-corrected chi connectivity index (χ4v) is 2.68. The molecule has 0 amide bonds. The standard InChI is InChI=1S/C18H14FN3O4/c19-15-5-13-7-24-11-26-17(13)14(6-15)8-25-18(23)12-1-3-16(4-2-12)22-10-20-9-21-22/h1-6,9-10H,7-8,11H2. The molecule has 7 nitrogen and oxygen atoms in total. The number of carbonyl (C=O) groups excluding carboxylic acids is 1. The summed E-state index contributed by atoms with van der Waals surface area (Å²) in [6.45, 7) is 0.255. The normalized spacial score (nSPS) is 13.0. The first-order chi connectivity index (χ1) is 12.7. The Hall–Kier alpha value is -3.26. The van der Waals surface area contributed by atoms with Crippen LogP contribution in [0.15, 0.2) is 49.1 Å². The minimum absolute atomic E-state index is 0.0866. The molecule has 2 aromatic carbocycles. The summed E-state index contributed by atoms with van der Waals surface area (Å²) in [6.07, 6.45) is 2.99. The van der Waals surface area contributed by atoms with Gasteiger partial charge in [0.2, 0.25) is 0 Å². The van der Waals surface area contributed by atoms with E-state index in [2.05, 4.69) is 10.1 Å². The third-order valence-electron chi connectivity index (χ3n) is 3.90. The van der Waals surface area contributed by atoms with Crippen LogP contribution in [0.3, 0.4) is 0 Å². The lowest BCUT2D eigenvalue weighted by molar-refractivity contribution is -0.0182. The summed E-state index contributed by atoms with van der Waals surface area (Å²) in [5.41, 5.74) is 2.21. The summed E-state index contributed by atoms with van der Waals surface area (Å²) in [4.78, 5) is 16.1. The second kappa shape index (κ2) is 6.93. The van der Waals surface area contributed by atoms with Crippen molar-refractivity contribution in [3.63, 3.8) is 0 Å². The molecular weight excluding hydrogens is 341 g/mol. The second-order valence-electron chi connectivity index (χ2n) is 5.63. The molecule has 3 aromatic rings. The van der Waals surface area contributed by atoms with Crippen LogP contribution in [0.1, 0.15) is 21.5 Å². The maximum Gasteiger partial charge on any atom is 0.338 e. The van der Waals surface area contributed by atoms with Crippen molar-refractivity contribution in [2.75, 3.05) is 6.79 Å². The van der Waals surface area contributed by atoms with Crippen molar-refractivity contribution in [3.8, 4) is 11.4 Å². The van der Waals surface area contributed by atoms with Crippen LogP contribution in [-0.2, 0) is 22.7 Å². The molecule has 0 unspecified atom stereocenters. The van der Waals surface area contributed by atoms with E-state index in [9.17, 15) is 9.18 Å². The number of nitrogens with zero attached hydrogens (tertiary/aromatic N) is 3. The van der Waals surface area contributed by atoms with Crippen molar-refractivity contribution < 1.29 is 23.4 Å². The second-order valence-corrected chi connectivity index (χ2v) is 5.63. The average Bonchev–Trinajstić information content (AvgIpc) is 3.20. The number of aromatic nitrogens is 3. The topological polar surface area (TPSA) is 75.5 Å². The van der Waals surface area contributed by atoms with Gasteiger partial charge in [0.05, 0.1) is 17.9 Å². The Morgan fingerprint density at radius 3 is 2.88 bits per heavy atom. The van der Waals surface area contributed by atoms with Crippen molar-refractivity contribution in [2.24, 2.45) is 0 Å². The van der Waals surface area contributed by atoms with E-state index < -0.39 is 11.8 Å². The molecule has 1 aromatic heterocycles. The Morgan fingerprint density at radius 1 is 1.27 bits per heavy atom. The van der Waals surface area contributed by atoms with Gasteiger partial charge < -0.3 is 14.2 Å². The summed E-state index contributed by atoms with van der Waals surface area (Å²) in [7, 11) is 0. The molecule has 0 bridgehead atoms. The molecule has 0 atom stereocenters. The number of hydrogen-bond acceptors (Lipinski definition) is 6. The van der Waals surface area contributed by atoms with Gasteiger partial charge in [-0.25, -0.2) is 18.9 Å². The minimum Gasteiger partial charge on any atom is -0.467 e. The molecule has 0 saturated heterocycles. The zero-order valence-corrected chi connectivity index (χ0v) is 13.6. The lowest BCUT2D eigenvalue weighted by atomic mass is 10.1. The smallest absolute Gasteiger partial charge is 0.338 e. The molecule has 8 heteroatoms. The maximum absolute atomic E-state index is 13.7. The monoisotopic (exact) mass is 355 g/mol. The van der Waals surface area contributed by atoms with E-state index in [4.69, 9.17) is 14.2 Å². The van der Waals surface area contributed by atoms with E-state index in [1.807, 2.05) is 0 Å². The van der Waals surface area contributed by atoms with Gasteiger partial charge >= 0.3 is 5.97 Å². The first-order valence-electron chi connectivity index (χ1n) is 7.85. The third-order valence-corrected chi connectivity index (χ3v) is 3.90. The first kappa shape index (κ1) is 16.2. The largest absolute Gasteiger partial charge is 0.467 e. The zero-order chi connectivity index (χ0) is 17.9. The highest BCUT2D eigenvalue weighted by atomic mass is 19.1. The van der Waals surface area contributed by atoms with Crippen LogP contribution in [0.2, 0.25) is 0 Å². The van der Waals surface area contributed by atoms with E-state index in [1.165, 1.54) is 18.5 Å². The van der Waals surface area contributed by atoms with Gasteiger partial charge in [0.25, 0.3) is 0 Å². The van der Waals surface area contributed by atoms with Crippen molar-refractivity contribution in [1.29, 1.82) is 0 Å². The molecule has 132 valence electrons. The molecule has 2 heterocycles. The molecule has 0 radical (unpaired) electrons. The molecule has 1 aliphatic rings. The van der Waals surface area contributed by atoms with Gasteiger partial charge in [-0.1, -0.05) is 0 Å². The Kier molecular flexibility index (Phi) is 4.32. The van der Waals surface area contributed by atoms with E-state index in [1.54, 1.807) is 35.3 Å². The summed E-state index contributed by atoms with van der Waals surface area (Å²) >= 11 is 0. The number of rotatable bonds is 4. The van der Waals surface area contributed by atoms with Crippen LogP contribution < -0.4 is 4.74 Å². The van der Waals surface area contributed by atoms with Gasteiger partial charge in [0, 0.05) is 11.1 Å². The van der Waals surface area contributed by atoms with Crippen molar-refractivity contribution >= 4 is 5.97 Å². The molecule has 1 aliphatic heterocycles.